The molecule has 0 atom stereocenters. The number of piperazine rings is 1. The molecule has 2 N–H and O–H groups in total. The zero-order chi connectivity index (χ0) is 31.2. The molecule has 3 aromatic rings. The van der Waals surface area contributed by atoms with Gasteiger partial charge in [0.2, 0.25) is 0 Å². The fourth-order valence-corrected chi connectivity index (χ4v) is 6.32. The molecule has 1 fully saturated rings. The van der Waals surface area contributed by atoms with Gasteiger partial charge in [0, 0.05) is 57.0 Å². The summed E-state index contributed by atoms with van der Waals surface area (Å²) in [6, 6.07) is 11.0. The minimum Gasteiger partial charge on any atom is -0.493 e. The van der Waals surface area contributed by atoms with E-state index in [1.165, 1.54) is 18.6 Å². The summed E-state index contributed by atoms with van der Waals surface area (Å²) in [7, 11) is -2.73. The summed E-state index contributed by atoms with van der Waals surface area (Å²) in [4.78, 5) is 12.4. The van der Waals surface area contributed by atoms with Gasteiger partial charge in [0.25, 0.3) is 10.0 Å². The molecule has 0 spiro atoms. The summed E-state index contributed by atoms with van der Waals surface area (Å²) < 4.78 is 49.7. The van der Waals surface area contributed by atoms with Gasteiger partial charge in [-0.05, 0) is 43.5 Å². The first-order valence-corrected chi connectivity index (χ1v) is 16.0. The van der Waals surface area contributed by atoms with E-state index in [1.54, 1.807) is 19.2 Å². The van der Waals surface area contributed by atoms with Crippen LogP contribution in [-0.4, -0.2) is 80.9 Å². The van der Waals surface area contributed by atoms with Gasteiger partial charge in [-0.25, -0.2) is 18.4 Å². The molecule has 0 bridgehead atoms. The van der Waals surface area contributed by atoms with Gasteiger partial charge in [0.05, 0.1) is 19.4 Å². The van der Waals surface area contributed by atoms with Gasteiger partial charge in [-0.3, -0.25) is 9.62 Å². The summed E-state index contributed by atoms with van der Waals surface area (Å²) in [5, 5.41) is 9.57. The predicted octanol–water partition coefficient (Wildman–Crippen LogP) is 4.67. The minimum atomic E-state index is -4.28. The van der Waals surface area contributed by atoms with Crippen molar-refractivity contribution in [3.63, 3.8) is 0 Å². The third kappa shape index (κ3) is 7.67. The number of methoxy groups -OCH3 is 1. The minimum absolute atomic E-state index is 0.0556. The molecule has 11 nitrogen and oxygen atoms in total. The maximum absolute atomic E-state index is 14.4. The fraction of sp³-hybridized carbons (Fsp3) is 0.484. The molecule has 1 aliphatic heterocycles. The van der Waals surface area contributed by atoms with Crippen LogP contribution in [0.3, 0.4) is 0 Å². The van der Waals surface area contributed by atoms with Crippen molar-refractivity contribution in [1.29, 1.82) is 0 Å². The Hall–Kier alpha value is -3.61. The average Bonchev–Trinajstić information content (AvgIpc) is 2.97. The summed E-state index contributed by atoms with van der Waals surface area (Å²) in [6.45, 7) is 13.2. The van der Waals surface area contributed by atoms with Gasteiger partial charge in [-0.2, -0.15) is 0 Å². The van der Waals surface area contributed by atoms with Crippen LogP contribution in [0.5, 0.6) is 23.0 Å². The molecule has 0 saturated carbocycles. The molecule has 0 unspecified atom stereocenters. The summed E-state index contributed by atoms with van der Waals surface area (Å²) in [5.41, 5.74) is 0.810. The van der Waals surface area contributed by atoms with Crippen molar-refractivity contribution in [2.75, 3.05) is 56.1 Å². The van der Waals surface area contributed by atoms with Crippen LogP contribution in [0.2, 0.25) is 0 Å². The van der Waals surface area contributed by atoms with Crippen LogP contribution in [0.1, 0.15) is 46.6 Å². The first-order chi connectivity index (χ1) is 20.5. The van der Waals surface area contributed by atoms with Gasteiger partial charge < -0.3 is 24.2 Å². The van der Waals surface area contributed by atoms with Crippen LogP contribution in [0, 0.1) is 0 Å². The standard InChI is InChI=1S/C31H43N5O6S/c1-22(2)35-14-16-36(17-15-35)24-20-23(31(3,4)5)28(42-26-11-8-7-10-25(26)40-6)29(41-19-9-18-37)30(24)43(38,39)34-27-12-13-32-21-33-27/h7-8,10-13,20-22,37H,9,14-19H2,1-6H3,(H,32,33,34). The lowest BCUT2D eigenvalue weighted by Crippen LogP contribution is -2.49. The molecule has 4 rings (SSSR count). The lowest BCUT2D eigenvalue weighted by molar-refractivity contribution is 0.208. The van der Waals surface area contributed by atoms with E-state index in [0.717, 1.165) is 18.7 Å². The van der Waals surface area contributed by atoms with E-state index in [2.05, 4.69) is 38.3 Å². The van der Waals surface area contributed by atoms with Crippen molar-refractivity contribution < 1.29 is 27.7 Å². The first kappa shape index (κ1) is 32.3. The number of nitrogens with one attached hydrogen (secondary N) is 1. The van der Waals surface area contributed by atoms with Gasteiger partial charge in [-0.1, -0.05) is 32.9 Å². The second-order valence-electron chi connectivity index (χ2n) is 11.7. The summed E-state index contributed by atoms with van der Waals surface area (Å²) >= 11 is 0. The fourth-order valence-electron chi connectivity index (χ4n) is 4.96. The zero-order valence-electron chi connectivity index (χ0n) is 25.8. The van der Waals surface area contributed by atoms with Gasteiger partial charge in [0.15, 0.2) is 27.9 Å². The Morgan fingerprint density at radius 1 is 1.05 bits per heavy atom. The van der Waals surface area contributed by atoms with E-state index in [0.29, 0.717) is 42.7 Å². The molecule has 0 aliphatic carbocycles. The molecule has 1 saturated heterocycles. The normalized spacial score (nSPS) is 14.6. The summed E-state index contributed by atoms with van der Waals surface area (Å²) in [5.74, 6) is 1.35. The molecule has 234 valence electrons. The second kappa shape index (κ2) is 13.8. The van der Waals surface area contributed by atoms with E-state index in [9.17, 15) is 13.5 Å². The number of aliphatic hydroxyl groups is 1. The van der Waals surface area contributed by atoms with Crippen molar-refractivity contribution in [2.24, 2.45) is 0 Å². The van der Waals surface area contributed by atoms with Crippen LogP contribution in [-0.2, 0) is 15.4 Å². The number of ether oxygens (including phenoxy) is 3. The largest absolute Gasteiger partial charge is 0.493 e. The van der Waals surface area contributed by atoms with Crippen molar-refractivity contribution in [3.8, 4) is 23.0 Å². The molecule has 0 radical (unpaired) electrons. The highest BCUT2D eigenvalue weighted by Crippen LogP contribution is 2.50. The smallest absolute Gasteiger partial charge is 0.268 e. The van der Waals surface area contributed by atoms with E-state index in [4.69, 9.17) is 14.2 Å². The molecule has 1 aliphatic rings. The third-order valence-electron chi connectivity index (χ3n) is 7.28. The number of hydrogen-bond acceptors (Lipinski definition) is 10. The summed E-state index contributed by atoms with van der Waals surface area (Å²) in [6.07, 6.45) is 3.05. The number of rotatable bonds is 12. The lowest BCUT2D eigenvalue weighted by Gasteiger charge is -2.39. The van der Waals surface area contributed by atoms with Crippen LogP contribution < -0.4 is 23.8 Å². The Balaban J connectivity index is 2.00. The Morgan fingerprint density at radius 2 is 1.74 bits per heavy atom. The molecule has 12 heteroatoms. The number of sulfonamides is 1. The van der Waals surface area contributed by atoms with E-state index in [-0.39, 0.29) is 35.4 Å². The molecular weight excluding hydrogens is 570 g/mol. The zero-order valence-corrected chi connectivity index (χ0v) is 26.6. The van der Waals surface area contributed by atoms with E-state index in [1.807, 2.05) is 39.0 Å². The Bertz CT molecular complexity index is 1470. The first-order valence-electron chi connectivity index (χ1n) is 14.5. The van der Waals surface area contributed by atoms with Crippen molar-refractivity contribution in [3.05, 3.63) is 54.5 Å². The molecule has 0 amide bonds. The van der Waals surface area contributed by atoms with Crippen LogP contribution >= 0.6 is 0 Å². The molecule has 43 heavy (non-hydrogen) atoms. The number of aliphatic hydroxyl groups excluding tert-OH is 1. The number of para-hydroxylation sites is 2. The molecular formula is C31H43N5O6S. The van der Waals surface area contributed by atoms with Gasteiger partial charge in [0.1, 0.15) is 12.1 Å². The van der Waals surface area contributed by atoms with E-state index < -0.39 is 15.4 Å². The van der Waals surface area contributed by atoms with Crippen molar-refractivity contribution in [2.45, 2.75) is 57.4 Å². The van der Waals surface area contributed by atoms with Gasteiger partial charge in [-0.15, -0.1) is 0 Å². The van der Waals surface area contributed by atoms with Gasteiger partial charge >= 0.3 is 0 Å². The number of aromatic nitrogens is 2. The lowest BCUT2D eigenvalue weighted by atomic mass is 9.85. The van der Waals surface area contributed by atoms with Crippen LogP contribution in [0.25, 0.3) is 0 Å². The molecule has 2 aromatic carbocycles. The average molecular weight is 614 g/mol. The number of benzene rings is 2. The molecule has 2 heterocycles. The number of nitrogens with zero attached hydrogens (tertiary/aromatic N) is 4. The maximum atomic E-state index is 14.4. The van der Waals surface area contributed by atoms with Crippen LogP contribution in [0.15, 0.2) is 53.8 Å². The highest BCUT2D eigenvalue weighted by molar-refractivity contribution is 7.93. The maximum Gasteiger partial charge on any atom is 0.268 e. The van der Waals surface area contributed by atoms with Crippen molar-refractivity contribution >= 4 is 21.5 Å². The number of hydrogen-bond donors (Lipinski definition) is 2. The monoisotopic (exact) mass is 613 g/mol. The number of anilines is 2. The predicted molar refractivity (Wildman–Crippen MR) is 167 cm³/mol. The van der Waals surface area contributed by atoms with Crippen LogP contribution in [0.4, 0.5) is 11.5 Å². The van der Waals surface area contributed by atoms with E-state index >= 15 is 0 Å². The Labute approximate surface area is 254 Å². The SMILES string of the molecule is COc1ccccc1Oc1c(C(C)(C)C)cc(N2CCN(C(C)C)CC2)c(S(=O)(=O)Nc2ccncn2)c1OCCCO. The Morgan fingerprint density at radius 3 is 2.33 bits per heavy atom. The third-order valence-corrected chi connectivity index (χ3v) is 8.69. The van der Waals surface area contributed by atoms with Crippen molar-refractivity contribution in [1.82, 2.24) is 14.9 Å². The second-order valence-corrected chi connectivity index (χ2v) is 13.3. The topological polar surface area (TPSA) is 126 Å². The highest BCUT2D eigenvalue weighted by atomic mass is 32.2. The quantitative estimate of drug-likeness (QED) is 0.278. The highest BCUT2D eigenvalue weighted by Gasteiger charge is 2.36. The molecule has 1 aromatic heterocycles. The Kier molecular flexibility index (Phi) is 10.4.